The number of ketones is 2. The maximum absolute atomic E-state index is 13.6. The van der Waals surface area contributed by atoms with Gasteiger partial charge in [0.15, 0.2) is 11.6 Å². The van der Waals surface area contributed by atoms with E-state index in [1.54, 1.807) is 36.4 Å². The highest BCUT2D eigenvalue weighted by atomic mass is 16.3. The van der Waals surface area contributed by atoms with E-state index in [9.17, 15) is 30.0 Å². The van der Waals surface area contributed by atoms with Gasteiger partial charge in [0.25, 0.3) is 0 Å². The van der Waals surface area contributed by atoms with E-state index in [1.165, 1.54) is 36.4 Å². The van der Waals surface area contributed by atoms with Crippen LogP contribution in [0.5, 0.6) is 23.0 Å². The molecule has 0 saturated carbocycles. The van der Waals surface area contributed by atoms with E-state index in [-0.39, 0.29) is 45.7 Å². The molecule has 38 heavy (non-hydrogen) atoms. The Kier molecular flexibility index (Phi) is 6.62. The first kappa shape index (κ1) is 24.7. The molecule has 0 spiro atoms. The van der Waals surface area contributed by atoms with E-state index in [1.807, 2.05) is 0 Å². The van der Waals surface area contributed by atoms with Crippen LogP contribution in [0, 0.1) is 0 Å². The molecule has 1 aliphatic carbocycles. The predicted molar refractivity (Wildman–Crippen MR) is 144 cm³/mol. The van der Waals surface area contributed by atoms with Gasteiger partial charge in [-0.1, -0.05) is 24.3 Å². The summed E-state index contributed by atoms with van der Waals surface area (Å²) in [5, 5.41) is 46.0. The molecular weight excluding hydrogens is 484 g/mol. The first-order valence-electron chi connectivity index (χ1n) is 12.2. The number of aromatic hydroxyl groups is 4. The number of fused-ring (bicyclic) bond motifs is 2. The zero-order chi connectivity index (χ0) is 26.8. The summed E-state index contributed by atoms with van der Waals surface area (Å²) in [6, 6.07) is 18.8. The summed E-state index contributed by atoms with van der Waals surface area (Å²) in [6.45, 7) is 0.687. The molecule has 0 radical (unpaired) electrons. The molecule has 0 aromatic heterocycles. The highest BCUT2D eigenvalue weighted by Gasteiger charge is 2.33. The third-order valence-electron chi connectivity index (χ3n) is 6.62. The molecule has 0 fully saturated rings. The molecule has 192 valence electrons. The molecule has 0 bridgehead atoms. The molecule has 1 aliphatic rings. The van der Waals surface area contributed by atoms with Gasteiger partial charge in [-0.2, -0.15) is 0 Å². The lowest BCUT2D eigenvalue weighted by Crippen LogP contribution is -2.25. The molecule has 4 aromatic carbocycles. The fourth-order valence-corrected chi connectivity index (χ4v) is 4.73. The molecule has 6 N–H and O–H groups in total. The van der Waals surface area contributed by atoms with Gasteiger partial charge in [-0.25, -0.2) is 0 Å². The maximum atomic E-state index is 13.6. The molecule has 0 atom stereocenters. The minimum Gasteiger partial charge on any atom is -0.508 e. The second-order valence-corrected chi connectivity index (χ2v) is 9.09. The van der Waals surface area contributed by atoms with Gasteiger partial charge in [-0.05, 0) is 72.5 Å². The van der Waals surface area contributed by atoms with E-state index in [2.05, 4.69) is 10.6 Å². The molecule has 0 heterocycles. The molecule has 5 rings (SSSR count). The van der Waals surface area contributed by atoms with Crippen LogP contribution in [-0.2, 0) is 12.8 Å². The quantitative estimate of drug-likeness (QED) is 0.167. The summed E-state index contributed by atoms with van der Waals surface area (Å²) in [5.41, 5.74) is 3.27. The van der Waals surface area contributed by atoms with Gasteiger partial charge in [0.2, 0.25) is 0 Å². The molecule has 8 heteroatoms. The average molecular weight is 511 g/mol. The second kappa shape index (κ2) is 10.2. The Morgan fingerprint density at radius 3 is 1.39 bits per heavy atom. The molecule has 0 aliphatic heterocycles. The van der Waals surface area contributed by atoms with Crippen molar-refractivity contribution in [1.82, 2.24) is 0 Å². The number of phenols is 4. The van der Waals surface area contributed by atoms with Crippen molar-refractivity contribution in [3.05, 3.63) is 106 Å². The van der Waals surface area contributed by atoms with Crippen LogP contribution in [0.2, 0.25) is 0 Å². The topological polar surface area (TPSA) is 139 Å². The molecule has 0 unspecified atom stereocenters. The average Bonchev–Trinajstić information content (AvgIpc) is 2.91. The zero-order valence-corrected chi connectivity index (χ0v) is 20.4. The number of hydrogen-bond donors (Lipinski definition) is 6. The summed E-state index contributed by atoms with van der Waals surface area (Å²) >= 11 is 0. The van der Waals surface area contributed by atoms with Crippen molar-refractivity contribution in [2.75, 3.05) is 23.7 Å². The first-order chi connectivity index (χ1) is 18.3. The van der Waals surface area contributed by atoms with E-state index in [0.29, 0.717) is 59.6 Å². The minimum absolute atomic E-state index is 0.0435. The number of nitrogens with one attached hydrogen (secondary N) is 2. The van der Waals surface area contributed by atoms with Gasteiger partial charge in [0, 0.05) is 35.6 Å². The lowest BCUT2D eigenvalue weighted by molar-refractivity contribution is 0.0980. The fourth-order valence-electron chi connectivity index (χ4n) is 4.73. The Balaban J connectivity index is 1.43. The number of hydrogen-bond acceptors (Lipinski definition) is 8. The monoisotopic (exact) mass is 510 g/mol. The Labute approximate surface area is 218 Å². The highest BCUT2D eigenvalue weighted by molar-refractivity contribution is 6.31. The van der Waals surface area contributed by atoms with Crippen molar-refractivity contribution < 1.29 is 30.0 Å². The van der Waals surface area contributed by atoms with Gasteiger partial charge in [-0.15, -0.1) is 0 Å². The van der Waals surface area contributed by atoms with E-state index >= 15 is 0 Å². The fraction of sp³-hybridized carbons (Fsp3) is 0.133. The van der Waals surface area contributed by atoms with Crippen molar-refractivity contribution >= 4 is 22.9 Å². The Hall–Kier alpha value is -4.98. The van der Waals surface area contributed by atoms with E-state index in [0.717, 1.165) is 0 Å². The van der Waals surface area contributed by atoms with Crippen LogP contribution in [-0.4, -0.2) is 45.1 Å². The number of rotatable bonds is 8. The number of benzene rings is 4. The van der Waals surface area contributed by atoms with Crippen molar-refractivity contribution in [2.45, 2.75) is 12.8 Å². The molecule has 0 amide bonds. The Bertz CT molecular complexity index is 1450. The predicted octanol–water partition coefficient (Wildman–Crippen LogP) is 4.59. The van der Waals surface area contributed by atoms with Crippen molar-refractivity contribution in [3.8, 4) is 23.0 Å². The van der Waals surface area contributed by atoms with E-state index < -0.39 is 0 Å². The van der Waals surface area contributed by atoms with Crippen LogP contribution in [0.25, 0.3) is 0 Å². The Morgan fingerprint density at radius 2 is 0.974 bits per heavy atom. The summed E-state index contributed by atoms with van der Waals surface area (Å²) in [4.78, 5) is 27.2. The summed E-state index contributed by atoms with van der Waals surface area (Å²) in [7, 11) is 0. The van der Waals surface area contributed by atoms with Crippen LogP contribution < -0.4 is 10.6 Å². The number of carbonyl (C=O) groups excluding carboxylic acids is 2. The van der Waals surface area contributed by atoms with Crippen molar-refractivity contribution in [3.63, 3.8) is 0 Å². The molecule has 0 saturated heterocycles. The molecule has 4 aromatic rings. The largest absolute Gasteiger partial charge is 0.508 e. The highest BCUT2D eigenvalue weighted by Crippen LogP contribution is 2.37. The van der Waals surface area contributed by atoms with Crippen LogP contribution in [0.3, 0.4) is 0 Å². The van der Waals surface area contributed by atoms with Crippen LogP contribution >= 0.6 is 0 Å². The number of carbonyl (C=O) groups is 2. The lowest BCUT2D eigenvalue weighted by atomic mass is 9.82. The Morgan fingerprint density at radius 1 is 0.553 bits per heavy atom. The van der Waals surface area contributed by atoms with Gasteiger partial charge in [0.1, 0.15) is 23.0 Å². The summed E-state index contributed by atoms with van der Waals surface area (Å²) in [5.74, 6) is -0.336. The SMILES string of the molecule is O=C1c2ccccc2C(=O)c2c(NCCc3cc(O)ccc3O)ccc(NCCc3cc(O)ccc3O)c21. The maximum Gasteiger partial charge on any atom is 0.196 e. The zero-order valence-electron chi connectivity index (χ0n) is 20.4. The first-order valence-corrected chi connectivity index (χ1v) is 12.2. The van der Waals surface area contributed by atoms with Crippen molar-refractivity contribution in [1.29, 1.82) is 0 Å². The van der Waals surface area contributed by atoms with E-state index in [4.69, 9.17) is 0 Å². The lowest BCUT2D eigenvalue weighted by Gasteiger charge is -2.24. The summed E-state index contributed by atoms with van der Waals surface area (Å²) < 4.78 is 0. The summed E-state index contributed by atoms with van der Waals surface area (Å²) in [6.07, 6.45) is 0.752. The van der Waals surface area contributed by atoms with Gasteiger partial charge in [-0.3, -0.25) is 9.59 Å². The minimum atomic E-state index is -0.271. The van der Waals surface area contributed by atoms with Crippen molar-refractivity contribution in [2.24, 2.45) is 0 Å². The third-order valence-corrected chi connectivity index (χ3v) is 6.62. The normalized spacial score (nSPS) is 12.1. The number of anilines is 2. The number of phenolic OH excluding ortho intramolecular Hbond substituents is 4. The van der Waals surface area contributed by atoms with Gasteiger partial charge < -0.3 is 31.1 Å². The third kappa shape index (κ3) is 4.71. The molecular formula is C30H26N2O6. The molecule has 8 nitrogen and oxygen atoms in total. The van der Waals surface area contributed by atoms with Crippen LogP contribution in [0.4, 0.5) is 11.4 Å². The van der Waals surface area contributed by atoms with Gasteiger partial charge >= 0.3 is 0 Å². The van der Waals surface area contributed by atoms with Crippen LogP contribution in [0.1, 0.15) is 43.0 Å². The second-order valence-electron chi connectivity index (χ2n) is 9.09. The van der Waals surface area contributed by atoms with Crippen LogP contribution in [0.15, 0.2) is 72.8 Å². The standard InChI is InChI=1S/C30H26N2O6/c33-19-5-9-25(35)17(15-19)11-13-31-23-7-8-24(32-14-12-18-16-20(34)6-10-26(18)36)28-27(23)29(37)21-3-1-2-4-22(21)30(28)38/h1-10,15-16,31-36H,11-14H2. The van der Waals surface area contributed by atoms with Gasteiger partial charge in [0.05, 0.1) is 11.1 Å². The smallest absolute Gasteiger partial charge is 0.196 e.